The van der Waals surface area contributed by atoms with E-state index in [0.717, 1.165) is 4.47 Å². The minimum Gasteiger partial charge on any atom is -0.309 e. The number of halogens is 1. The average Bonchev–Trinajstić information content (AvgIpc) is 3.18. The van der Waals surface area contributed by atoms with Crippen molar-refractivity contribution < 1.29 is 0 Å². The first-order valence-corrected chi connectivity index (χ1v) is 11.5. The van der Waals surface area contributed by atoms with Crippen LogP contribution < -0.4 is 0 Å². The fraction of sp³-hybridized carbons (Fsp3) is 0. The lowest BCUT2D eigenvalue weighted by Gasteiger charge is -2.16. The number of nitrogens with zero attached hydrogens (tertiary/aromatic N) is 1. The first kappa shape index (κ1) is 19.1. The Morgan fingerprint density at radius 1 is 0.469 bits per heavy atom. The first-order chi connectivity index (χ1) is 15.8. The summed E-state index contributed by atoms with van der Waals surface area (Å²) in [6.07, 6.45) is 0. The standard InChI is InChI=1S/C30H20BrN/c31-24-16-18-29-27(20-24)26-13-7-8-14-28(26)32(29)30-19-23(21-9-3-1-4-10-21)15-17-25(30)22-11-5-2-6-12-22/h1-20H. The topological polar surface area (TPSA) is 4.93 Å². The van der Waals surface area contributed by atoms with Crippen molar-refractivity contribution in [1.29, 1.82) is 0 Å². The number of para-hydroxylation sites is 1. The van der Waals surface area contributed by atoms with Crippen molar-refractivity contribution in [3.63, 3.8) is 0 Å². The fourth-order valence-corrected chi connectivity index (χ4v) is 4.95. The largest absolute Gasteiger partial charge is 0.309 e. The molecule has 0 unspecified atom stereocenters. The number of benzene rings is 5. The zero-order chi connectivity index (χ0) is 21.5. The Morgan fingerprint density at radius 2 is 1.12 bits per heavy atom. The third-order valence-corrected chi connectivity index (χ3v) is 6.56. The van der Waals surface area contributed by atoms with Crippen molar-refractivity contribution >= 4 is 37.7 Å². The van der Waals surface area contributed by atoms with Crippen LogP contribution in [0.2, 0.25) is 0 Å². The Morgan fingerprint density at radius 3 is 1.91 bits per heavy atom. The van der Waals surface area contributed by atoms with Crippen LogP contribution in [0, 0.1) is 0 Å². The smallest absolute Gasteiger partial charge is 0.0546 e. The maximum Gasteiger partial charge on any atom is 0.0546 e. The molecule has 0 saturated heterocycles. The molecular weight excluding hydrogens is 454 g/mol. The minimum atomic E-state index is 1.09. The highest BCUT2D eigenvalue weighted by Crippen LogP contribution is 2.38. The van der Waals surface area contributed by atoms with Gasteiger partial charge in [-0.25, -0.2) is 0 Å². The number of aromatic nitrogens is 1. The van der Waals surface area contributed by atoms with Crippen molar-refractivity contribution in [2.45, 2.75) is 0 Å². The summed E-state index contributed by atoms with van der Waals surface area (Å²) >= 11 is 3.67. The van der Waals surface area contributed by atoms with Gasteiger partial charge < -0.3 is 4.57 Å². The van der Waals surface area contributed by atoms with Crippen molar-refractivity contribution in [3.8, 4) is 27.9 Å². The molecule has 6 rings (SSSR count). The highest BCUT2D eigenvalue weighted by Gasteiger charge is 2.16. The molecule has 0 atom stereocenters. The van der Waals surface area contributed by atoms with Crippen LogP contribution in [0.15, 0.2) is 126 Å². The molecule has 6 aromatic rings. The average molecular weight is 474 g/mol. The van der Waals surface area contributed by atoms with Gasteiger partial charge in [-0.2, -0.15) is 0 Å². The third-order valence-electron chi connectivity index (χ3n) is 6.07. The van der Waals surface area contributed by atoms with Gasteiger partial charge in [-0.1, -0.05) is 107 Å². The van der Waals surface area contributed by atoms with Crippen LogP contribution in [0.4, 0.5) is 0 Å². The number of hydrogen-bond donors (Lipinski definition) is 0. The van der Waals surface area contributed by atoms with Gasteiger partial charge in [0.1, 0.15) is 0 Å². The molecule has 2 heteroatoms. The molecule has 0 spiro atoms. The predicted molar refractivity (Wildman–Crippen MR) is 139 cm³/mol. The molecule has 0 fully saturated rings. The van der Waals surface area contributed by atoms with Gasteiger partial charge in [-0.05, 0) is 47.0 Å². The molecule has 0 amide bonds. The highest BCUT2D eigenvalue weighted by atomic mass is 79.9. The summed E-state index contributed by atoms with van der Waals surface area (Å²) in [7, 11) is 0. The molecule has 0 saturated carbocycles. The van der Waals surface area contributed by atoms with E-state index in [1.54, 1.807) is 0 Å². The van der Waals surface area contributed by atoms with Gasteiger partial charge in [0.15, 0.2) is 0 Å². The molecule has 0 aliphatic rings. The number of rotatable bonds is 3. The molecule has 1 aromatic heterocycles. The molecule has 5 aromatic carbocycles. The second-order valence-electron chi connectivity index (χ2n) is 7.98. The summed E-state index contributed by atoms with van der Waals surface area (Å²) in [5, 5.41) is 2.51. The van der Waals surface area contributed by atoms with Gasteiger partial charge >= 0.3 is 0 Å². The lowest BCUT2D eigenvalue weighted by atomic mass is 9.98. The van der Waals surface area contributed by atoms with Gasteiger partial charge in [-0.3, -0.25) is 0 Å². The van der Waals surface area contributed by atoms with E-state index in [1.807, 2.05) is 0 Å². The molecule has 0 aliphatic carbocycles. The number of fused-ring (bicyclic) bond motifs is 3. The summed E-state index contributed by atoms with van der Waals surface area (Å²) in [6, 6.07) is 43.3. The third kappa shape index (κ3) is 3.16. The van der Waals surface area contributed by atoms with E-state index in [-0.39, 0.29) is 0 Å². The van der Waals surface area contributed by atoms with Crippen LogP contribution in [0.3, 0.4) is 0 Å². The maximum absolute atomic E-state index is 3.67. The Hall–Kier alpha value is -3.62. The van der Waals surface area contributed by atoms with Crippen molar-refractivity contribution in [2.24, 2.45) is 0 Å². The van der Waals surface area contributed by atoms with E-state index in [9.17, 15) is 0 Å². The number of hydrogen-bond acceptors (Lipinski definition) is 0. The molecule has 0 radical (unpaired) electrons. The predicted octanol–water partition coefficient (Wildman–Crippen LogP) is 8.88. The van der Waals surface area contributed by atoms with E-state index >= 15 is 0 Å². The zero-order valence-electron chi connectivity index (χ0n) is 17.4. The van der Waals surface area contributed by atoms with Crippen molar-refractivity contribution in [1.82, 2.24) is 4.57 Å². The fourth-order valence-electron chi connectivity index (χ4n) is 4.59. The maximum atomic E-state index is 3.67. The van der Waals surface area contributed by atoms with Crippen LogP contribution >= 0.6 is 15.9 Å². The first-order valence-electron chi connectivity index (χ1n) is 10.7. The summed E-state index contributed by atoms with van der Waals surface area (Å²) in [5.74, 6) is 0. The van der Waals surface area contributed by atoms with E-state index in [2.05, 4.69) is 142 Å². The van der Waals surface area contributed by atoms with Gasteiger partial charge in [0, 0.05) is 20.8 Å². The normalized spacial score (nSPS) is 11.3. The zero-order valence-corrected chi connectivity index (χ0v) is 19.0. The second-order valence-corrected chi connectivity index (χ2v) is 8.89. The van der Waals surface area contributed by atoms with Crippen LogP contribution in [-0.4, -0.2) is 4.57 Å². The van der Waals surface area contributed by atoms with Gasteiger partial charge in [0.25, 0.3) is 0 Å². The Balaban J connectivity index is 1.73. The second kappa shape index (κ2) is 7.81. The molecule has 0 bridgehead atoms. The van der Waals surface area contributed by atoms with E-state index in [4.69, 9.17) is 0 Å². The molecule has 1 nitrogen and oxygen atoms in total. The van der Waals surface area contributed by atoms with E-state index in [0.29, 0.717) is 0 Å². The van der Waals surface area contributed by atoms with E-state index in [1.165, 1.54) is 49.7 Å². The Labute approximate surface area is 195 Å². The Kier molecular flexibility index (Phi) is 4.66. The van der Waals surface area contributed by atoms with Crippen molar-refractivity contribution in [2.75, 3.05) is 0 Å². The molecule has 152 valence electrons. The molecule has 1 heterocycles. The summed E-state index contributed by atoms with van der Waals surface area (Å²) < 4.78 is 3.50. The summed E-state index contributed by atoms with van der Waals surface area (Å²) in [5.41, 5.74) is 8.46. The monoisotopic (exact) mass is 473 g/mol. The van der Waals surface area contributed by atoms with Crippen LogP contribution in [0.5, 0.6) is 0 Å². The molecule has 0 aliphatic heterocycles. The molecular formula is C30H20BrN. The lowest BCUT2D eigenvalue weighted by Crippen LogP contribution is -1.98. The molecule has 32 heavy (non-hydrogen) atoms. The highest BCUT2D eigenvalue weighted by molar-refractivity contribution is 9.10. The van der Waals surface area contributed by atoms with Gasteiger partial charge in [0.05, 0.1) is 16.7 Å². The molecule has 0 N–H and O–H groups in total. The van der Waals surface area contributed by atoms with Gasteiger partial charge in [0.2, 0.25) is 0 Å². The van der Waals surface area contributed by atoms with E-state index < -0.39 is 0 Å². The Bertz CT molecular complexity index is 1560. The quantitative estimate of drug-likeness (QED) is 0.241. The summed E-state index contributed by atoms with van der Waals surface area (Å²) in [4.78, 5) is 0. The SMILES string of the molecule is Brc1ccc2c(c1)c1ccccc1n2-c1cc(-c2ccccc2)ccc1-c1ccccc1. The van der Waals surface area contributed by atoms with Crippen LogP contribution in [-0.2, 0) is 0 Å². The lowest BCUT2D eigenvalue weighted by molar-refractivity contribution is 1.18. The summed E-state index contributed by atoms with van der Waals surface area (Å²) in [6.45, 7) is 0. The minimum absolute atomic E-state index is 1.09. The van der Waals surface area contributed by atoms with Crippen molar-refractivity contribution in [3.05, 3.63) is 126 Å². The van der Waals surface area contributed by atoms with Gasteiger partial charge in [-0.15, -0.1) is 0 Å². The van der Waals surface area contributed by atoms with Crippen LogP contribution in [0.1, 0.15) is 0 Å². The van der Waals surface area contributed by atoms with Crippen LogP contribution in [0.25, 0.3) is 49.7 Å².